The molecule has 2 rings (SSSR count). The second-order valence-corrected chi connectivity index (χ2v) is 5.50. The van der Waals surface area contributed by atoms with Gasteiger partial charge in [-0.3, -0.25) is 9.78 Å². The Morgan fingerprint density at radius 1 is 1.45 bits per heavy atom. The molecular formula is C13H20Cl2FN3O. The number of rotatable bonds is 1. The summed E-state index contributed by atoms with van der Waals surface area (Å²) in [5, 5.41) is 0. The third kappa shape index (κ3) is 4.04. The molecule has 1 fully saturated rings. The van der Waals surface area contributed by atoms with Crippen LogP contribution in [-0.2, 0) is 0 Å². The monoisotopic (exact) mass is 323 g/mol. The standard InChI is InChI=1S/C13H18FN3O.2ClH/c1-13(2)8-17(4-3-11(13)15)12(18)9-5-10(14)7-16-6-9;;/h5-7,11H,3-4,8,15H2,1-2H3;2*1H. The molecule has 0 bridgehead atoms. The van der Waals surface area contributed by atoms with E-state index in [1.165, 1.54) is 12.3 Å². The van der Waals surface area contributed by atoms with Crippen molar-refractivity contribution in [2.75, 3.05) is 13.1 Å². The number of aromatic nitrogens is 1. The summed E-state index contributed by atoms with van der Waals surface area (Å²) in [6, 6.07) is 1.31. The first kappa shape index (κ1) is 19.1. The van der Waals surface area contributed by atoms with Crippen molar-refractivity contribution in [2.24, 2.45) is 11.1 Å². The lowest BCUT2D eigenvalue weighted by Crippen LogP contribution is -2.54. The molecule has 1 atom stereocenters. The summed E-state index contributed by atoms with van der Waals surface area (Å²) in [5.41, 5.74) is 6.20. The van der Waals surface area contributed by atoms with E-state index in [-0.39, 0.29) is 42.2 Å². The molecule has 1 aliphatic heterocycles. The predicted molar refractivity (Wildman–Crippen MR) is 81.0 cm³/mol. The molecule has 1 amide bonds. The number of hydrogen-bond donors (Lipinski definition) is 1. The smallest absolute Gasteiger partial charge is 0.255 e. The molecule has 0 aliphatic carbocycles. The summed E-state index contributed by atoms with van der Waals surface area (Å²) in [6.45, 7) is 5.28. The van der Waals surface area contributed by atoms with Crippen LogP contribution in [0.1, 0.15) is 30.6 Å². The molecule has 0 saturated carbocycles. The van der Waals surface area contributed by atoms with Crippen molar-refractivity contribution in [2.45, 2.75) is 26.3 Å². The number of carbonyl (C=O) groups excluding carboxylic acids is 1. The van der Waals surface area contributed by atoms with Crippen molar-refractivity contribution in [3.05, 3.63) is 29.8 Å². The molecule has 0 spiro atoms. The molecule has 114 valence electrons. The molecule has 20 heavy (non-hydrogen) atoms. The normalized spacial score (nSPS) is 20.6. The molecular weight excluding hydrogens is 304 g/mol. The fourth-order valence-electron chi connectivity index (χ4n) is 2.26. The van der Waals surface area contributed by atoms with E-state index in [2.05, 4.69) is 4.98 Å². The molecule has 2 N–H and O–H groups in total. The van der Waals surface area contributed by atoms with E-state index in [4.69, 9.17) is 5.73 Å². The Morgan fingerprint density at radius 2 is 2.10 bits per heavy atom. The van der Waals surface area contributed by atoms with Crippen LogP contribution < -0.4 is 5.73 Å². The second kappa shape index (κ2) is 7.20. The molecule has 0 radical (unpaired) electrons. The maximum absolute atomic E-state index is 13.1. The van der Waals surface area contributed by atoms with Crippen LogP contribution in [0, 0.1) is 11.2 Å². The van der Waals surface area contributed by atoms with Crippen molar-refractivity contribution in [1.29, 1.82) is 0 Å². The highest BCUT2D eigenvalue weighted by Crippen LogP contribution is 2.28. The van der Waals surface area contributed by atoms with Gasteiger partial charge in [-0.25, -0.2) is 4.39 Å². The van der Waals surface area contributed by atoms with Crippen LogP contribution in [0.5, 0.6) is 0 Å². The average molecular weight is 324 g/mol. The Balaban J connectivity index is 0.00000180. The first-order valence-corrected chi connectivity index (χ1v) is 6.05. The minimum absolute atomic E-state index is 0. The summed E-state index contributed by atoms with van der Waals surface area (Å²) in [4.78, 5) is 17.7. The zero-order valence-corrected chi connectivity index (χ0v) is 13.1. The van der Waals surface area contributed by atoms with Crippen LogP contribution >= 0.6 is 24.8 Å². The van der Waals surface area contributed by atoms with Gasteiger partial charge < -0.3 is 10.6 Å². The Bertz CT molecular complexity index is 471. The lowest BCUT2D eigenvalue weighted by molar-refractivity contribution is 0.0532. The molecule has 2 heterocycles. The number of carbonyl (C=O) groups is 1. The molecule has 1 aromatic rings. The molecule has 1 aliphatic rings. The third-order valence-electron chi connectivity index (χ3n) is 3.55. The van der Waals surface area contributed by atoms with Crippen molar-refractivity contribution in [3.63, 3.8) is 0 Å². The number of nitrogens with zero attached hydrogens (tertiary/aromatic N) is 2. The molecule has 1 aromatic heterocycles. The van der Waals surface area contributed by atoms with Crippen molar-refractivity contribution >= 4 is 30.7 Å². The molecule has 7 heteroatoms. The number of halogens is 3. The SMILES string of the molecule is CC1(C)CN(C(=O)c2cncc(F)c2)CCC1N.Cl.Cl. The summed E-state index contributed by atoms with van der Waals surface area (Å²) in [6.07, 6.45) is 3.25. The zero-order valence-electron chi connectivity index (χ0n) is 11.5. The fourth-order valence-corrected chi connectivity index (χ4v) is 2.26. The van der Waals surface area contributed by atoms with E-state index < -0.39 is 5.82 Å². The molecule has 0 aromatic carbocycles. The van der Waals surface area contributed by atoms with Crippen molar-refractivity contribution in [1.82, 2.24) is 9.88 Å². The van der Waals surface area contributed by atoms with Gasteiger partial charge in [0, 0.05) is 25.3 Å². The van der Waals surface area contributed by atoms with Gasteiger partial charge in [0.05, 0.1) is 11.8 Å². The van der Waals surface area contributed by atoms with Gasteiger partial charge in [-0.2, -0.15) is 0 Å². The Morgan fingerprint density at radius 3 is 2.65 bits per heavy atom. The van der Waals surface area contributed by atoms with E-state index in [0.717, 1.165) is 12.6 Å². The van der Waals surface area contributed by atoms with Crippen LogP contribution in [0.15, 0.2) is 18.5 Å². The first-order chi connectivity index (χ1) is 8.40. The Kier molecular flexibility index (Phi) is 6.87. The lowest BCUT2D eigenvalue weighted by Gasteiger charge is -2.42. The number of pyridine rings is 1. The van der Waals surface area contributed by atoms with Crippen LogP contribution in [-0.4, -0.2) is 34.9 Å². The lowest BCUT2D eigenvalue weighted by atomic mass is 9.79. The number of nitrogens with two attached hydrogens (primary N) is 1. The summed E-state index contributed by atoms with van der Waals surface area (Å²) in [7, 11) is 0. The second-order valence-electron chi connectivity index (χ2n) is 5.50. The zero-order chi connectivity index (χ0) is 13.3. The van der Waals surface area contributed by atoms with Gasteiger partial charge in [0.25, 0.3) is 5.91 Å². The van der Waals surface area contributed by atoms with Crippen molar-refractivity contribution in [3.8, 4) is 0 Å². The Hall–Kier alpha value is -0.910. The average Bonchev–Trinajstić information content (AvgIpc) is 2.31. The Labute approximate surface area is 130 Å². The maximum atomic E-state index is 13.1. The minimum atomic E-state index is -0.492. The maximum Gasteiger partial charge on any atom is 0.255 e. The van der Waals surface area contributed by atoms with Gasteiger partial charge in [0.1, 0.15) is 5.82 Å². The van der Waals surface area contributed by atoms with Crippen molar-refractivity contribution < 1.29 is 9.18 Å². The molecule has 1 saturated heterocycles. The van der Waals surface area contributed by atoms with Gasteiger partial charge >= 0.3 is 0 Å². The number of amides is 1. The van der Waals surface area contributed by atoms with Gasteiger partial charge in [-0.1, -0.05) is 13.8 Å². The predicted octanol–water partition coefficient (Wildman–Crippen LogP) is 2.26. The highest BCUT2D eigenvalue weighted by atomic mass is 35.5. The highest BCUT2D eigenvalue weighted by Gasteiger charge is 2.35. The van der Waals surface area contributed by atoms with Crippen LogP contribution in [0.25, 0.3) is 0 Å². The van der Waals surface area contributed by atoms with Gasteiger partial charge in [-0.15, -0.1) is 24.8 Å². The van der Waals surface area contributed by atoms with Crippen LogP contribution in [0.4, 0.5) is 4.39 Å². The first-order valence-electron chi connectivity index (χ1n) is 6.05. The molecule has 4 nitrogen and oxygen atoms in total. The minimum Gasteiger partial charge on any atom is -0.338 e. The highest BCUT2D eigenvalue weighted by molar-refractivity contribution is 5.94. The molecule has 1 unspecified atom stereocenters. The third-order valence-corrected chi connectivity index (χ3v) is 3.55. The summed E-state index contributed by atoms with van der Waals surface area (Å²) >= 11 is 0. The van der Waals surface area contributed by atoms with Crippen LogP contribution in [0.3, 0.4) is 0 Å². The summed E-state index contributed by atoms with van der Waals surface area (Å²) < 4.78 is 13.1. The van der Waals surface area contributed by atoms with Gasteiger partial charge in [0.2, 0.25) is 0 Å². The van der Waals surface area contributed by atoms with E-state index in [0.29, 0.717) is 18.7 Å². The van der Waals surface area contributed by atoms with E-state index in [1.807, 2.05) is 13.8 Å². The number of likely N-dealkylation sites (tertiary alicyclic amines) is 1. The van der Waals surface area contributed by atoms with Gasteiger partial charge in [-0.05, 0) is 17.9 Å². The topological polar surface area (TPSA) is 59.2 Å². The number of piperidine rings is 1. The quantitative estimate of drug-likeness (QED) is 0.862. The van der Waals surface area contributed by atoms with Crippen LogP contribution in [0.2, 0.25) is 0 Å². The van der Waals surface area contributed by atoms with E-state index >= 15 is 0 Å². The van der Waals surface area contributed by atoms with E-state index in [1.54, 1.807) is 4.90 Å². The fraction of sp³-hybridized carbons (Fsp3) is 0.538. The van der Waals surface area contributed by atoms with Gasteiger partial charge in [0.15, 0.2) is 0 Å². The summed E-state index contributed by atoms with van der Waals surface area (Å²) in [5.74, 6) is -0.671. The largest absolute Gasteiger partial charge is 0.338 e. The van der Waals surface area contributed by atoms with E-state index in [9.17, 15) is 9.18 Å². The number of hydrogen-bond acceptors (Lipinski definition) is 3.